The number of hydrogen-bond donors (Lipinski definition) is 0. The van der Waals surface area contributed by atoms with Gasteiger partial charge in [-0.2, -0.15) is 0 Å². The van der Waals surface area contributed by atoms with E-state index in [4.69, 9.17) is 0 Å². The molecule has 2 rings (SSSR count). The summed E-state index contributed by atoms with van der Waals surface area (Å²) in [6, 6.07) is 14.1. The molecular weight excluding hydrogens is 433 g/mol. The number of hydrogen-bond acceptors (Lipinski definition) is 0. The third-order valence-corrected chi connectivity index (χ3v) is 15.6. The van der Waals surface area contributed by atoms with Crippen LogP contribution in [0.1, 0.15) is 101 Å². The van der Waals surface area contributed by atoms with Crippen LogP contribution >= 0.6 is 0 Å². The van der Waals surface area contributed by atoms with E-state index < -0.39 is 0 Å². The Morgan fingerprint density at radius 1 is 0.462 bits per heavy atom. The molecule has 0 spiro atoms. The summed E-state index contributed by atoms with van der Waals surface area (Å²) in [5.41, 5.74) is 6.47. The molecule has 0 radical (unpaired) electrons. The van der Waals surface area contributed by atoms with E-state index in [-0.39, 0.29) is 25.3 Å². The van der Waals surface area contributed by atoms with Crippen LogP contribution in [0.2, 0.25) is 0 Å². The van der Waals surface area contributed by atoms with Crippen molar-refractivity contribution in [3.8, 4) is 0 Å². The van der Waals surface area contributed by atoms with Crippen LogP contribution in [0.5, 0.6) is 0 Å². The molecule has 0 saturated carbocycles. The van der Waals surface area contributed by atoms with Gasteiger partial charge in [0.05, 0.1) is 0 Å². The first-order valence-electron chi connectivity index (χ1n) is 10.0. The van der Waals surface area contributed by atoms with Gasteiger partial charge in [-0.25, -0.2) is 0 Å². The van der Waals surface area contributed by atoms with E-state index in [9.17, 15) is 0 Å². The van der Waals surface area contributed by atoms with Crippen molar-refractivity contribution in [2.24, 2.45) is 0 Å². The summed E-state index contributed by atoms with van der Waals surface area (Å²) in [4.78, 5) is 0. The number of rotatable bonds is 4. The van der Waals surface area contributed by atoms with Crippen molar-refractivity contribution in [2.45, 2.75) is 79.1 Å². The van der Waals surface area contributed by atoms with E-state index >= 15 is 0 Å². The summed E-state index contributed by atoms with van der Waals surface area (Å²) in [5, 5.41) is 0. The van der Waals surface area contributed by atoms with Gasteiger partial charge in [0.2, 0.25) is 0 Å². The number of benzene rings is 2. The van der Waals surface area contributed by atoms with Crippen molar-refractivity contribution >= 4 is 34.1 Å². The molecule has 2 heteroatoms. The monoisotopic (exact) mass is 470 g/mol. The van der Waals surface area contributed by atoms with Crippen LogP contribution in [0, 0.1) is 0 Å². The molecule has 0 nitrogen and oxygen atoms in total. The van der Waals surface area contributed by atoms with Gasteiger partial charge >= 0.3 is 172 Å². The summed E-state index contributed by atoms with van der Waals surface area (Å²) < 4.78 is 3.54. The van der Waals surface area contributed by atoms with Gasteiger partial charge in [0.15, 0.2) is 0 Å². The van der Waals surface area contributed by atoms with Gasteiger partial charge < -0.3 is 0 Å². The summed E-state index contributed by atoms with van der Waals surface area (Å²) in [5.74, 6) is 2.51. The van der Waals surface area contributed by atoms with E-state index in [2.05, 4.69) is 91.8 Å². The first kappa shape index (κ1) is 21.8. The van der Waals surface area contributed by atoms with E-state index in [1.54, 1.807) is 31.0 Å². The van der Waals surface area contributed by atoms with Crippen molar-refractivity contribution in [3.63, 3.8) is 0 Å². The summed E-state index contributed by atoms with van der Waals surface area (Å²) in [6.45, 7) is 18.9. The van der Waals surface area contributed by atoms with Crippen LogP contribution in [0.3, 0.4) is 0 Å². The SMILES string of the molecule is CC(C)c1cccc(C(C)C)[c]1[Ge]#[Ge][c]1c(C(C)C)cccc1C(C)C. The molecule has 0 fully saturated rings. The maximum atomic E-state index is 2.39. The van der Waals surface area contributed by atoms with Gasteiger partial charge in [0.25, 0.3) is 0 Å². The van der Waals surface area contributed by atoms with Gasteiger partial charge in [-0.3, -0.25) is 0 Å². The average molecular weight is 468 g/mol. The van der Waals surface area contributed by atoms with E-state index in [1.165, 1.54) is 0 Å². The molecule has 0 aromatic heterocycles. The van der Waals surface area contributed by atoms with Gasteiger partial charge in [-0.15, -0.1) is 0 Å². The Hall–Kier alpha value is -0.474. The Morgan fingerprint density at radius 3 is 0.885 bits per heavy atom. The van der Waals surface area contributed by atoms with E-state index in [1.807, 2.05) is 0 Å². The predicted molar refractivity (Wildman–Crippen MR) is 120 cm³/mol. The Bertz CT molecular complexity index is 698. The minimum atomic E-state index is -0.0844. The Balaban J connectivity index is 2.71. The average Bonchev–Trinajstić information content (AvgIpc) is 2.58. The molecule has 26 heavy (non-hydrogen) atoms. The predicted octanol–water partition coefficient (Wildman–Crippen LogP) is 5.45. The molecule has 0 heterocycles. The molecule has 0 atom stereocenters. The molecule has 2 aromatic rings. The normalized spacial score (nSPS) is 11.4. The Kier molecular flexibility index (Phi) is 8.09. The molecule has 2 aromatic carbocycles. The van der Waals surface area contributed by atoms with Crippen LogP contribution in [0.15, 0.2) is 36.4 Å². The minimum absolute atomic E-state index is 0.0844. The van der Waals surface area contributed by atoms with Gasteiger partial charge in [0, 0.05) is 0 Å². The van der Waals surface area contributed by atoms with Crippen LogP contribution in [-0.4, -0.2) is 25.3 Å². The van der Waals surface area contributed by atoms with Gasteiger partial charge in [-0.1, -0.05) is 0 Å². The van der Waals surface area contributed by atoms with Crippen molar-refractivity contribution in [1.29, 1.82) is 0 Å². The van der Waals surface area contributed by atoms with Crippen molar-refractivity contribution in [2.75, 3.05) is 0 Å². The molecule has 138 valence electrons. The summed E-state index contributed by atoms with van der Waals surface area (Å²) in [7, 11) is 0. The fourth-order valence-electron chi connectivity index (χ4n) is 3.52. The molecule has 0 amide bonds. The third kappa shape index (κ3) is 5.07. The van der Waals surface area contributed by atoms with Gasteiger partial charge in [0.1, 0.15) is 0 Å². The summed E-state index contributed by atoms with van der Waals surface area (Å²) in [6.07, 6.45) is 0. The molecule has 0 saturated heterocycles. The topological polar surface area (TPSA) is 0 Å². The van der Waals surface area contributed by atoms with Crippen LogP contribution < -0.4 is 8.79 Å². The Labute approximate surface area is 171 Å². The quantitative estimate of drug-likeness (QED) is 0.524. The molecule has 0 bridgehead atoms. The van der Waals surface area contributed by atoms with Crippen molar-refractivity contribution in [3.05, 3.63) is 58.7 Å². The molecule has 0 aliphatic rings. The zero-order valence-electron chi connectivity index (χ0n) is 17.8. The second kappa shape index (κ2) is 9.64. The second-order valence-electron chi connectivity index (χ2n) is 8.49. The summed E-state index contributed by atoms with van der Waals surface area (Å²) >= 11 is -0.169. The first-order chi connectivity index (χ1) is 12.2. The van der Waals surface area contributed by atoms with E-state index in [0.717, 1.165) is 0 Å². The Morgan fingerprint density at radius 2 is 0.692 bits per heavy atom. The van der Waals surface area contributed by atoms with Crippen LogP contribution in [-0.2, 0) is 0 Å². The van der Waals surface area contributed by atoms with Crippen molar-refractivity contribution < 1.29 is 0 Å². The zero-order valence-corrected chi connectivity index (χ0v) is 22.0. The second-order valence-corrected chi connectivity index (χ2v) is 17.1. The van der Waals surface area contributed by atoms with E-state index in [0.29, 0.717) is 23.7 Å². The molecule has 0 aliphatic carbocycles. The van der Waals surface area contributed by atoms with Crippen molar-refractivity contribution in [1.82, 2.24) is 0 Å². The maximum absolute atomic E-state index is 2.39. The standard InChI is InChI=1S/C24H34Ge2/c1-15(2)19-11-9-12-20(16(3)4)23(19)25-26-24-21(17(5)6)13-10-14-22(24)18(7)8/h9-18H,1-8H3. The van der Waals surface area contributed by atoms with Gasteiger partial charge in [-0.05, 0) is 0 Å². The third-order valence-electron chi connectivity index (χ3n) is 5.06. The molecular formula is C24H34Ge2. The zero-order chi connectivity index (χ0) is 19.4. The van der Waals surface area contributed by atoms with Crippen LogP contribution in [0.25, 0.3) is 0 Å². The molecule has 0 aliphatic heterocycles. The van der Waals surface area contributed by atoms with Crippen LogP contribution in [0.4, 0.5) is 0 Å². The molecule has 0 unspecified atom stereocenters. The fourth-order valence-corrected chi connectivity index (χ4v) is 17.4. The first-order valence-corrected chi connectivity index (χ1v) is 18.6. The fraction of sp³-hybridized carbons (Fsp3) is 0.500. The molecule has 0 N–H and O–H groups in total.